The van der Waals surface area contributed by atoms with E-state index in [0.29, 0.717) is 0 Å². The van der Waals surface area contributed by atoms with Gasteiger partial charge in [-0.05, 0) is 23.8 Å². The van der Waals surface area contributed by atoms with Crippen LogP contribution >= 0.6 is 0 Å². The molecule has 0 aliphatic carbocycles. The van der Waals surface area contributed by atoms with Crippen LogP contribution in [-0.2, 0) is 5.41 Å². The molecule has 0 saturated carbocycles. The van der Waals surface area contributed by atoms with Crippen molar-refractivity contribution in [2.75, 3.05) is 11.9 Å². The lowest BCUT2D eigenvalue weighted by molar-refractivity contribution is 0.586. The predicted octanol–water partition coefficient (Wildman–Crippen LogP) is 2.19. The maximum absolute atomic E-state index is 3.37. The Balaban J connectivity index is 2.56. The van der Waals surface area contributed by atoms with Crippen molar-refractivity contribution in [2.45, 2.75) is 19.3 Å². The molecule has 1 nitrogen and oxygen atoms in total. The van der Waals surface area contributed by atoms with Crippen LogP contribution < -0.4 is 5.32 Å². The molecule has 0 atom stereocenters. The Bertz CT molecular complexity index is 276. The number of hydrogen-bond acceptors (Lipinski definition) is 1. The highest BCUT2D eigenvalue weighted by Crippen LogP contribution is 2.35. The van der Waals surface area contributed by atoms with Crippen molar-refractivity contribution in [1.29, 1.82) is 0 Å². The van der Waals surface area contributed by atoms with Crippen molar-refractivity contribution in [3.8, 4) is 0 Å². The minimum absolute atomic E-state index is 0.285. The summed E-state index contributed by atoms with van der Waals surface area (Å²) in [4.78, 5) is 0. The van der Waals surface area contributed by atoms with Gasteiger partial charge in [-0.25, -0.2) is 0 Å². The predicted molar refractivity (Wildman–Crippen MR) is 46.8 cm³/mol. The van der Waals surface area contributed by atoms with Crippen LogP contribution in [0.2, 0.25) is 0 Å². The fraction of sp³-hybridized carbons (Fsp3) is 0.400. The second-order valence-electron chi connectivity index (χ2n) is 3.71. The van der Waals surface area contributed by atoms with Gasteiger partial charge in [0, 0.05) is 17.6 Å². The molecule has 1 N–H and O–H groups in total. The standard InChI is InChI=1S/C10H12N/c1-10(2)7-11-9-6-4-3-5-8(9)10/h4-6,11H,7H2,1-2H3. The Hall–Kier alpha value is -0.980. The van der Waals surface area contributed by atoms with Gasteiger partial charge in [0.1, 0.15) is 0 Å². The summed E-state index contributed by atoms with van der Waals surface area (Å²) >= 11 is 0. The first-order valence-electron chi connectivity index (χ1n) is 3.95. The van der Waals surface area contributed by atoms with Gasteiger partial charge in [0.15, 0.2) is 0 Å². The van der Waals surface area contributed by atoms with Crippen molar-refractivity contribution in [3.05, 3.63) is 29.8 Å². The zero-order valence-electron chi connectivity index (χ0n) is 6.94. The Kier molecular flexibility index (Phi) is 1.22. The van der Waals surface area contributed by atoms with E-state index in [2.05, 4.69) is 37.4 Å². The fourth-order valence-corrected chi connectivity index (χ4v) is 1.56. The van der Waals surface area contributed by atoms with Crippen molar-refractivity contribution in [2.24, 2.45) is 0 Å². The van der Waals surface area contributed by atoms with Crippen LogP contribution in [0.25, 0.3) is 0 Å². The van der Waals surface area contributed by atoms with Gasteiger partial charge in [-0.1, -0.05) is 19.9 Å². The lowest BCUT2D eigenvalue weighted by Gasteiger charge is -2.16. The number of rotatable bonds is 0. The van der Waals surface area contributed by atoms with Crippen molar-refractivity contribution < 1.29 is 0 Å². The zero-order chi connectivity index (χ0) is 7.90. The monoisotopic (exact) mass is 146 g/mol. The Morgan fingerprint density at radius 1 is 1.55 bits per heavy atom. The van der Waals surface area contributed by atoms with E-state index >= 15 is 0 Å². The average molecular weight is 146 g/mol. The number of hydrogen-bond donors (Lipinski definition) is 1. The first-order chi connectivity index (χ1) is 5.20. The molecule has 0 bridgehead atoms. The molecule has 1 aliphatic heterocycles. The summed E-state index contributed by atoms with van der Waals surface area (Å²) in [6.45, 7) is 5.54. The molecule has 57 valence electrons. The van der Waals surface area contributed by atoms with Gasteiger partial charge in [-0.15, -0.1) is 0 Å². The van der Waals surface area contributed by atoms with Gasteiger partial charge in [0.05, 0.1) is 0 Å². The first-order valence-corrected chi connectivity index (χ1v) is 3.95. The highest BCUT2D eigenvalue weighted by molar-refractivity contribution is 5.59. The molecule has 1 aromatic rings. The summed E-state index contributed by atoms with van der Waals surface area (Å²) in [6.07, 6.45) is 0. The molecular weight excluding hydrogens is 134 g/mol. The Morgan fingerprint density at radius 2 is 2.36 bits per heavy atom. The summed E-state index contributed by atoms with van der Waals surface area (Å²) < 4.78 is 0. The van der Waals surface area contributed by atoms with Crippen LogP contribution in [0.1, 0.15) is 19.4 Å². The first kappa shape index (κ1) is 6.71. The lowest BCUT2D eigenvalue weighted by Crippen LogP contribution is -2.18. The molecule has 1 heterocycles. The van der Waals surface area contributed by atoms with E-state index in [-0.39, 0.29) is 5.41 Å². The number of benzene rings is 1. The average Bonchev–Trinajstić information content (AvgIpc) is 2.29. The van der Waals surface area contributed by atoms with E-state index in [1.54, 1.807) is 0 Å². The zero-order valence-corrected chi connectivity index (χ0v) is 6.94. The van der Waals surface area contributed by atoms with Gasteiger partial charge < -0.3 is 5.32 Å². The largest absolute Gasteiger partial charge is 0.384 e. The maximum Gasteiger partial charge on any atom is 0.0379 e. The molecule has 0 saturated heterocycles. The van der Waals surface area contributed by atoms with Crippen LogP contribution in [-0.4, -0.2) is 6.54 Å². The summed E-state index contributed by atoms with van der Waals surface area (Å²) in [5.74, 6) is 0. The molecular formula is C10H12N. The summed E-state index contributed by atoms with van der Waals surface area (Å²) in [5.41, 5.74) is 2.95. The van der Waals surface area contributed by atoms with E-state index in [9.17, 15) is 0 Å². The molecule has 11 heavy (non-hydrogen) atoms. The molecule has 1 aliphatic rings. The van der Waals surface area contributed by atoms with E-state index in [4.69, 9.17) is 0 Å². The Morgan fingerprint density at radius 3 is 3.09 bits per heavy atom. The molecule has 0 aromatic heterocycles. The molecule has 0 spiro atoms. The Labute approximate surface area is 67.4 Å². The van der Waals surface area contributed by atoms with Gasteiger partial charge >= 0.3 is 0 Å². The maximum atomic E-state index is 3.37. The summed E-state index contributed by atoms with van der Waals surface area (Å²) in [7, 11) is 0. The molecule has 1 heteroatoms. The summed E-state index contributed by atoms with van der Waals surface area (Å²) in [5, 5.41) is 3.37. The SMILES string of the molecule is CC1(C)CNc2cc[c]cc21. The lowest BCUT2D eigenvalue weighted by atomic mass is 9.87. The second-order valence-corrected chi connectivity index (χ2v) is 3.71. The number of anilines is 1. The smallest absolute Gasteiger partial charge is 0.0379 e. The fourth-order valence-electron chi connectivity index (χ4n) is 1.56. The normalized spacial score (nSPS) is 19.1. The van der Waals surface area contributed by atoms with Crippen molar-refractivity contribution >= 4 is 5.69 Å². The van der Waals surface area contributed by atoms with Gasteiger partial charge in [0.2, 0.25) is 0 Å². The summed E-state index contributed by atoms with van der Waals surface area (Å²) in [6, 6.07) is 9.23. The quantitative estimate of drug-likeness (QED) is 0.591. The molecule has 0 amide bonds. The minimum atomic E-state index is 0.285. The molecule has 2 rings (SSSR count). The molecule has 1 radical (unpaired) electrons. The van der Waals surface area contributed by atoms with E-state index < -0.39 is 0 Å². The van der Waals surface area contributed by atoms with E-state index in [0.717, 1.165) is 6.54 Å². The molecule has 0 unspecified atom stereocenters. The van der Waals surface area contributed by atoms with E-state index in [1.165, 1.54) is 11.3 Å². The van der Waals surface area contributed by atoms with Gasteiger partial charge in [0.25, 0.3) is 0 Å². The molecule has 0 fully saturated rings. The third kappa shape index (κ3) is 0.917. The van der Waals surface area contributed by atoms with Crippen molar-refractivity contribution in [1.82, 2.24) is 0 Å². The van der Waals surface area contributed by atoms with Gasteiger partial charge in [-0.2, -0.15) is 0 Å². The van der Waals surface area contributed by atoms with Crippen LogP contribution in [0.3, 0.4) is 0 Å². The highest BCUT2D eigenvalue weighted by atomic mass is 14.9. The topological polar surface area (TPSA) is 12.0 Å². The van der Waals surface area contributed by atoms with Crippen LogP contribution in [0.5, 0.6) is 0 Å². The van der Waals surface area contributed by atoms with Crippen LogP contribution in [0.4, 0.5) is 5.69 Å². The molecule has 1 aromatic carbocycles. The second kappa shape index (κ2) is 2.00. The third-order valence-corrected chi connectivity index (χ3v) is 2.31. The third-order valence-electron chi connectivity index (χ3n) is 2.31. The minimum Gasteiger partial charge on any atom is -0.384 e. The van der Waals surface area contributed by atoms with Crippen LogP contribution in [0.15, 0.2) is 18.2 Å². The van der Waals surface area contributed by atoms with Gasteiger partial charge in [-0.3, -0.25) is 0 Å². The van der Waals surface area contributed by atoms with Crippen molar-refractivity contribution in [3.63, 3.8) is 0 Å². The number of fused-ring (bicyclic) bond motifs is 1. The highest BCUT2D eigenvalue weighted by Gasteiger charge is 2.28. The van der Waals surface area contributed by atoms with E-state index in [1.807, 2.05) is 6.07 Å². The van der Waals surface area contributed by atoms with Crippen LogP contribution in [0, 0.1) is 6.07 Å². The number of nitrogens with one attached hydrogen (secondary N) is 1.